The maximum Gasteiger partial charge on any atom is 0.418 e. The third kappa shape index (κ3) is 5.99. The van der Waals surface area contributed by atoms with Gasteiger partial charge in [-0.15, -0.1) is 0 Å². The third-order valence-electron chi connectivity index (χ3n) is 6.36. The SMILES string of the molecule is O=C(N[C@@]1(C(=O)NCc2ccc(Nc3ccc(F)cc3C(F)(F)F)cc2)CCOC1)Oc1cnc2[nH]ccc2c1. The number of carbonyl (C=O) groups is 2. The molecular formula is C27H23F4N5O4. The number of anilines is 2. The van der Waals surface area contributed by atoms with Crippen molar-refractivity contribution in [3.05, 3.63) is 83.9 Å². The smallest absolute Gasteiger partial charge is 0.409 e. The van der Waals surface area contributed by atoms with Gasteiger partial charge >= 0.3 is 12.3 Å². The van der Waals surface area contributed by atoms with E-state index in [2.05, 4.69) is 25.9 Å². The number of alkyl halides is 3. The van der Waals surface area contributed by atoms with Crippen LogP contribution in [0.15, 0.2) is 67.0 Å². The van der Waals surface area contributed by atoms with Gasteiger partial charge in [-0.25, -0.2) is 14.2 Å². The van der Waals surface area contributed by atoms with E-state index in [9.17, 15) is 27.2 Å². The van der Waals surface area contributed by atoms with Crippen molar-refractivity contribution in [2.45, 2.75) is 24.7 Å². The van der Waals surface area contributed by atoms with Crippen LogP contribution < -0.4 is 20.7 Å². The van der Waals surface area contributed by atoms with Crippen LogP contribution in [0.25, 0.3) is 11.0 Å². The van der Waals surface area contributed by atoms with Gasteiger partial charge in [-0.1, -0.05) is 12.1 Å². The van der Waals surface area contributed by atoms with Gasteiger partial charge in [0.05, 0.1) is 24.1 Å². The number of hydrogen-bond donors (Lipinski definition) is 4. The maximum absolute atomic E-state index is 13.4. The van der Waals surface area contributed by atoms with Gasteiger partial charge in [0.25, 0.3) is 0 Å². The highest BCUT2D eigenvalue weighted by atomic mass is 19.4. The second-order valence-electron chi connectivity index (χ2n) is 9.18. The van der Waals surface area contributed by atoms with Gasteiger partial charge in [0, 0.05) is 36.8 Å². The minimum absolute atomic E-state index is 0.0505. The maximum atomic E-state index is 13.4. The van der Waals surface area contributed by atoms with Gasteiger partial charge in [0.2, 0.25) is 5.91 Å². The van der Waals surface area contributed by atoms with Crippen molar-refractivity contribution in [1.82, 2.24) is 20.6 Å². The van der Waals surface area contributed by atoms with Crippen molar-refractivity contribution in [3.8, 4) is 5.75 Å². The highest BCUT2D eigenvalue weighted by Crippen LogP contribution is 2.36. The third-order valence-corrected chi connectivity index (χ3v) is 6.36. The van der Waals surface area contributed by atoms with Crippen LogP contribution in [0.3, 0.4) is 0 Å². The van der Waals surface area contributed by atoms with Gasteiger partial charge in [-0.2, -0.15) is 13.2 Å². The zero-order chi connectivity index (χ0) is 28.3. The van der Waals surface area contributed by atoms with Gasteiger partial charge in [-0.05, 0) is 48.0 Å². The van der Waals surface area contributed by atoms with E-state index in [1.165, 1.54) is 18.3 Å². The Morgan fingerprint density at radius 1 is 1.10 bits per heavy atom. The van der Waals surface area contributed by atoms with Crippen LogP contribution in [0.1, 0.15) is 17.5 Å². The average Bonchev–Trinajstić information content (AvgIpc) is 3.58. The summed E-state index contributed by atoms with van der Waals surface area (Å²) in [6.45, 7) is 0.287. The Morgan fingerprint density at radius 3 is 2.62 bits per heavy atom. The normalized spacial score (nSPS) is 17.0. The summed E-state index contributed by atoms with van der Waals surface area (Å²) in [5.41, 5.74) is -1.14. The first kappa shape index (κ1) is 26.9. The Kier molecular flexibility index (Phi) is 7.30. The Labute approximate surface area is 224 Å². The fraction of sp³-hybridized carbons (Fsp3) is 0.222. The molecule has 40 heavy (non-hydrogen) atoms. The zero-order valence-electron chi connectivity index (χ0n) is 20.8. The van der Waals surface area contributed by atoms with Gasteiger partial charge in [-0.3, -0.25) is 4.79 Å². The van der Waals surface area contributed by atoms with E-state index >= 15 is 0 Å². The minimum atomic E-state index is -4.73. The summed E-state index contributed by atoms with van der Waals surface area (Å²) in [5.74, 6) is -1.27. The number of fused-ring (bicyclic) bond motifs is 1. The van der Waals surface area contributed by atoms with E-state index in [0.29, 0.717) is 23.0 Å². The summed E-state index contributed by atoms with van der Waals surface area (Å²) in [5, 5.41) is 8.77. The fourth-order valence-electron chi connectivity index (χ4n) is 4.28. The molecule has 1 atom stereocenters. The molecule has 2 aromatic heterocycles. The Hall–Kier alpha value is -4.65. The number of pyridine rings is 1. The molecular weight excluding hydrogens is 534 g/mol. The van der Waals surface area contributed by atoms with Crippen molar-refractivity contribution in [2.75, 3.05) is 18.5 Å². The molecule has 1 fully saturated rings. The Balaban J connectivity index is 1.20. The number of carbonyl (C=O) groups excluding carboxylic acids is 2. The van der Waals surface area contributed by atoms with Crippen LogP contribution in [-0.4, -0.2) is 40.7 Å². The molecule has 0 spiro atoms. The second kappa shape index (κ2) is 10.8. The number of amides is 2. The molecule has 9 nitrogen and oxygen atoms in total. The number of H-pyrrole nitrogens is 1. The van der Waals surface area contributed by atoms with Crippen molar-refractivity contribution < 1.29 is 36.6 Å². The largest absolute Gasteiger partial charge is 0.418 e. The van der Waals surface area contributed by atoms with Crippen LogP contribution >= 0.6 is 0 Å². The van der Waals surface area contributed by atoms with Crippen LogP contribution in [-0.2, 0) is 22.3 Å². The van der Waals surface area contributed by atoms with Gasteiger partial charge in [0.15, 0.2) is 5.75 Å². The number of aromatic nitrogens is 2. The lowest BCUT2D eigenvalue weighted by atomic mass is 9.97. The molecule has 1 saturated heterocycles. The highest BCUT2D eigenvalue weighted by Gasteiger charge is 2.44. The molecule has 0 saturated carbocycles. The first-order chi connectivity index (χ1) is 19.1. The highest BCUT2D eigenvalue weighted by molar-refractivity contribution is 5.91. The lowest BCUT2D eigenvalue weighted by Crippen LogP contribution is -2.59. The monoisotopic (exact) mass is 557 g/mol. The van der Waals surface area contributed by atoms with Crippen molar-refractivity contribution in [2.24, 2.45) is 0 Å². The lowest BCUT2D eigenvalue weighted by Gasteiger charge is -2.27. The molecule has 208 valence electrons. The van der Waals surface area contributed by atoms with Crippen LogP contribution in [0.2, 0.25) is 0 Å². The van der Waals surface area contributed by atoms with Crippen molar-refractivity contribution in [3.63, 3.8) is 0 Å². The number of benzene rings is 2. The molecule has 1 aliphatic rings. The number of nitrogens with one attached hydrogen (secondary N) is 4. The number of nitrogens with zero attached hydrogens (tertiary/aromatic N) is 1. The summed E-state index contributed by atoms with van der Waals surface area (Å²) in [6, 6.07) is 12.1. The number of hydrogen-bond acceptors (Lipinski definition) is 6. The standard InChI is InChI=1S/C27H23F4N5O4/c28-18-3-6-22(21(12-18)27(29,30)31)35-19-4-1-16(2-5-19)13-34-24(37)26(8-10-39-15-26)36-25(38)40-20-11-17-7-9-32-23(17)33-14-20/h1-7,9,11-12,14,35H,8,10,13,15H2,(H,32,33)(H,34,37)(H,36,38)/t26-/m0/s1. The zero-order valence-corrected chi connectivity index (χ0v) is 20.8. The molecule has 0 unspecified atom stereocenters. The first-order valence-electron chi connectivity index (χ1n) is 12.1. The van der Waals surface area contributed by atoms with E-state index < -0.39 is 35.1 Å². The molecule has 2 aromatic carbocycles. The molecule has 4 N–H and O–H groups in total. The summed E-state index contributed by atoms with van der Waals surface area (Å²) in [4.78, 5) is 32.8. The van der Waals surface area contributed by atoms with Crippen LogP contribution in [0, 0.1) is 5.82 Å². The average molecular weight is 558 g/mol. The number of rotatable bonds is 7. The van der Waals surface area contributed by atoms with Crippen molar-refractivity contribution >= 4 is 34.4 Å². The summed E-state index contributed by atoms with van der Waals surface area (Å²) >= 11 is 0. The second-order valence-corrected chi connectivity index (χ2v) is 9.18. The summed E-state index contributed by atoms with van der Waals surface area (Å²) in [7, 11) is 0. The van der Waals surface area contributed by atoms with Crippen LogP contribution in [0.4, 0.5) is 33.7 Å². The predicted molar refractivity (Wildman–Crippen MR) is 136 cm³/mol. The quantitative estimate of drug-likeness (QED) is 0.237. The molecule has 1 aliphatic heterocycles. The van der Waals surface area contributed by atoms with Crippen LogP contribution in [0.5, 0.6) is 5.75 Å². The Bertz CT molecular complexity index is 1530. The fourth-order valence-corrected chi connectivity index (χ4v) is 4.28. The minimum Gasteiger partial charge on any atom is -0.409 e. The van der Waals surface area contributed by atoms with Gasteiger partial charge in [0.1, 0.15) is 17.0 Å². The van der Waals surface area contributed by atoms with E-state index in [0.717, 1.165) is 17.5 Å². The van der Waals surface area contributed by atoms with Crippen molar-refractivity contribution in [1.29, 1.82) is 0 Å². The topological polar surface area (TPSA) is 117 Å². The molecule has 4 aromatic rings. The van der Waals surface area contributed by atoms with E-state index in [1.54, 1.807) is 30.5 Å². The first-order valence-corrected chi connectivity index (χ1v) is 12.1. The predicted octanol–water partition coefficient (Wildman–Crippen LogP) is 5.03. The number of aromatic amines is 1. The lowest BCUT2D eigenvalue weighted by molar-refractivity contribution is -0.137. The molecule has 0 radical (unpaired) electrons. The Morgan fingerprint density at radius 2 is 1.90 bits per heavy atom. The summed E-state index contributed by atoms with van der Waals surface area (Å²) in [6.07, 6.45) is -2.26. The number of ether oxygens (including phenoxy) is 2. The van der Waals surface area contributed by atoms with E-state index in [-0.39, 0.29) is 37.6 Å². The molecule has 3 heterocycles. The molecule has 5 rings (SSSR count). The summed E-state index contributed by atoms with van der Waals surface area (Å²) < 4.78 is 63.9. The molecule has 0 aliphatic carbocycles. The van der Waals surface area contributed by atoms with Gasteiger partial charge < -0.3 is 30.4 Å². The van der Waals surface area contributed by atoms with E-state index in [4.69, 9.17) is 9.47 Å². The molecule has 2 amide bonds. The number of halogens is 4. The van der Waals surface area contributed by atoms with E-state index in [1.807, 2.05) is 0 Å². The molecule has 13 heteroatoms. The molecule has 0 bridgehead atoms.